The molecule has 2 atom stereocenters. The van der Waals surface area contributed by atoms with E-state index in [4.69, 9.17) is 4.74 Å². The van der Waals surface area contributed by atoms with Gasteiger partial charge in [-0.15, -0.1) is 0 Å². The molecule has 1 amide bonds. The number of hydrogen-bond donors (Lipinski definition) is 1. The Morgan fingerprint density at radius 3 is 2.19 bits per heavy atom. The molecular weight excluding hydrogens is 390 g/mol. The van der Waals surface area contributed by atoms with Gasteiger partial charge in [0.25, 0.3) is 0 Å². The largest absolute Gasteiger partial charge is 0.479 e. The van der Waals surface area contributed by atoms with E-state index in [1.54, 1.807) is 7.05 Å². The minimum absolute atomic E-state index is 0.0437. The van der Waals surface area contributed by atoms with Crippen LogP contribution in [0.25, 0.3) is 11.1 Å². The van der Waals surface area contributed by atoms with Gasteiger partial charge in [-0.2, -0.15) is 0 Å². The number of hydrogen-bond acceptors (Lipinski definition) is 3. The van der Waals surface area contributed by atoms with Gasteiger partial charge in [0, 0.05) is 13.0 Å². The lowest BCUT2D eigenvalue weighted by Crippen LogP contribution is -2.62. The van der Waals surface area contributed by atoms with Gasteiger partial charge in [-0.3, -0.25) is 4.90 Å². The first kappa shape index (κ1) is 21.4. The molecule has 1 saturated carbocycles. The molecule has 2 aliphatic rings. The number of carboxylic acids is 1. The van der Waals surface area contributed by atoms with Gasteiger partial charge in [0.1, 0.15) is 12.1 Å². The maximum absolute atomic E-state index is 13.1. The summed E-state index contributed by atoms with van der Waals surface area (Å²) in [5, 5.41) is 10.2. The van der Waals surface area contributed by atoms with Gasteiger partial charge < -0.3 is 9.84 Å². The van der Waals surface area contributed by atoms with Gasteiger partial charge in [-0.25, -0.2) is 9.59 Å². The number of ether oxygens (including phenoxy) is 1. The molecule has 5 nitrogen and oxygen atoms in total. The number of rotatable bonds is 5. The molecule has 4 rings (SSSR count). The molecule has 0 radical (unpaired) electrons. The average Bonchev–Trinajstić information content (AvgIpc) is 3.10. The molecule has 5 heteroatoms. The molecule has 0 heterocycles. The van der Waals surface area contributed by atoms with Gasteiger partial charge >= 0.3 is 12.1 Å². The lowest BCUT2D eigenvalue weighted by Gasteiger charge is -2.47. The van der Waals surface area contributed by atoms with Crippen LogP contribution in [0.3, 0.4) is 0 Å². The molecule has 2 unspecified atom stereocenters. The van der Waals surface area contributed by atoms with E-state index in [2.05, 4.69) is 24.3 Å². The van der Waals surface area contributed by atoms with Crippen molar-refractivity contribution in [3.8, 4) is 11.1 Å². The van der Waals surface area contributed by atoms with Crippen LogP contribution in [0.15, 0.2) is 48.5 Å². The maximum Gasteiger partial charge on any atom is 0.410 e. The van der Waals surface area contributed by atoms with Crippen molar-refractivity contribution < 1.29 is 19.4 Å². The fourth-order valence-electron chi connectivity index (χ4n) is 5.75. The minimum atomic E-state index is -1.21. The zero-order chi connectivity index (χ0) is 22.2. The summed E-state index contributed by atoms with van der Waals surface area (Å²) in [5.41, 5.74) is 3.41. The summed E-state index contributed by atoms with van der Waals surface area (Å²) in [6.07, 6.45) is 2.51. The third kappa shape index (κ3) is 3.50. The normalized spacial score (nSPS) is 22.6. The summed E-state index contributed by atoms with van der Waals surface area (Å²) in [7, 11) is 1.59. The van der Waals surface area contributed by atoms with Gasteiger partial charge in [-0.1, -0.05) is 75.2 Å². The standard InChI is InChI=1S/C26H31NO4/c1-17(2)23-14-8-9-15-26(23,24(28)29)27(3)25(30)31-16-22-20-12-6-4-10-18(20)19-11-5-7-13-21(19)22/h4-7,10-13,17,22-23H,8-9,14-16H2,1-3H3,(H,28,29). The summed E-state index contributed by atoms with van der Waals surface area (Å²) in [6, 6.07) is 16.4. The Labute approximate surface area is 184 Å². The van der Waals surface area contributed by atoms with Crippen LogP contribution in [0.2, 0.25) is 0 Å². The number of carboxylic acid groups (broad SMARTS) is 1. The van der Waals surface area contributed by atoms with Crippen LogP contribution in [0.4, 0.5) is 4.79 Å². The van der Waals surface area contributed by atoms with Crippen LogP contribution in [0.1, 0.15) is 56.6 Å². The first-order valence-electron chi connectivity index (χ1n) is 11.2. The first-order chi connectivity index (χ1) is 14.9. The Morgan fingerprint density at radius 1 is 1.06 bits per heavy atom. The SMILES string of the molecule is CC(C)C1CCCCC1(C(=O)O)N(C)C(=O)OCC1c2ccccc2-c2ccccc21. The Hall–Kier alpha value is -2.82. The van der Waals surface area contributed by atoms with E-state index in [-0.39, 0.29) is 24.4 Å². The van der Waals surface area contributed by atoms with Crippen LogP contribution < -0.4 is 0 Å². The van der Waals surface area contributed by atoms with Gasteiger partial charge in [0.15, 0.2) is 0 Å². The minimum Gasteiger partial charge on any atom is -0.479 e. The van der Waals surface area contributed by atoms with Gasteiger partial charge in [-0.05, 0) is 46.9 Å². The molecule has 31 heavy (non-hydrogen) atoms. The molecular formula is C26H31NO4. The average molecular weight is 422 g/mol. The Kier molecular flexibility index (Phi) is 5.78. The van der Waals surface area contributed by atoms with Crippen molar-refractivity contribution in [2.24, 2.45) is 11.8 Å². The molecule has 0 aromatic heterocycles. The lowest BCUT2D eigenvalue weighted by atomic mass is 9.67. The summed E-state index contributed by atoms with van der Waals surface area (Å²) < 4.78 is 5.78. The van der Waals surface area contributed by atoms with Crippen molar-refractivity contribution in [1.82, 2.24) is 4.90 Å². The molecule has 0 spiro atoms. The van der Waals surface area contributed by atoms with E-state index >= 15 is 0 Å². The van der Waals surface area contributed by atoms with E-state index in [1.807, 2.05) is 38.1 Å². The van der Waals surface area contributed by atoms with Crippen LogP contribution in [-0.2, 0) is 9.53 Å². The highest BCUT2D eigenvalue weighted by Gasteiger charge is 2.53. The second-order valence-electron chi connectivity index (χ2n) is 9.19. The summed E-state index contributed by atoms with van der Waals surface area (Å²) in [4.78, 5) is 27.0. The van der Waals surface area contributed by atoms with Gasteiger partial charge in [0.05, 0.1) is 0 Å². The molecule has 164 valence electrons. The summed E-state index contributed by atoms with van der Waals surface area (Å²) in [5.74, 6) is -0.899. The lowest BCUT2D eigenvalue weighted by molar-refractivity contribution is -0.158. The van der Waals surface area contributed by atoms with Crippen molar-refractivity contribution >= 4 is 12.1 Å². The Bertz CT molecular complexity index is 939. The van der Waals surface area contributed by atoms with E-state index < -0.39 is 17.6 Å². The quantitative estimate of drug-likeness (QED) is 0.689. The highest BCUT2D eigenvalue weighted by molar-refractivity contribution is 5.85. The zero-order valence-corrected chi connectivity index (χ0v) is 18.5. The fourth-order valence-corrected chi connectivity index (χ4v) is 5.75. The van der Waals surface area contributed by atoms with Crippen molar-refractivity contribution in [3.05, 3.63) is 59.7 Å². The summed E-state index contributed by atoms with van der Waals surface area (Å²) >= 11 is 0. The number of amides is 1. The third-order valence-corrected chi connectivity index (χ3v) is 7.32. The van der Waals surface area contributed by atoms with E-state index in [9.17, 15) is 14.7 Å². The predicted molar refractivity (Wildman–Crippen MR) is 120 cm³/mol. The molecule has 0 bridgehead atoms. The number of likely N-dealkylation sites (N-methyl/N-ethyl adjacent to an activating group) is 1. The number of carbonyl (C=O) groups is 2. The van der Waals surface area contributed by atoms with Crippen LogP contribution in [0, 0.1) is 11.8 Å². The van der Waals surface area contributed by atoms with Crippen LogP contribution >= 0.6 is 0 Å². The molecule has 0 aliphatic heterocycles. The highest BCUT2D eigenvalue weighted by Crippen LogP contribution is 2.45. The number of fused-ring (bicyclic) bond motifs is 3. The van der Waals surface area contributed by atoms with Crippen molar-refractivity contribution in [2.45, 2.75) is 51.0 Å². The van der Waals surface area contributed by atoms with Crippen LogP contribution in [0.5, 0.6) is 0 Å². The maximum atomic E-state index is 13.1. The van der Waals surface area contributed by atoms with Crippen molar-refractivity contribution in [3.63, 3.8) is 0 Å². The predicted octanol–water partition coefficient (Wildman–Crippen LogP) is 5.54. The van der Waals surface area contributed by atoms with Crippen LogP contribution in [-0.4, -0.2) is 41.3 Å². The van der Waals surface area contributed by atoms with E-state index in [0.717, 1.165) is 30.4 Å². The molecule has 1 N–H and O–H groups in total. The topological polar surface area (TPSA) is 66.8 Å². The molecule has 1 fully saturated rings. The van der Waals surface area contributed by atoms with Crippen molar-refractivity contribution in [1.29, 1.82) is 0 Å². The second kappa shape index (κ2) is 8.37. The van der Waals surface area contributed by atoms with E-state index in [0.29, 0.717) is 6.42 Å². The molecule has 2 aliphatic carbocycles. The second-order valence-corrected chi connectivity index (χ2v) is 9.19. The summed E-state index contributed by atoms with van der Waals surface area (Å²) in [6.45, 7) is 4.28. The smallest absolute Gasteiger partial charge is 0.410 e. The van der Waals surface area contributed by atoms with E-state index in [1.165, 1.54) is 16.0 Å². The first-order valence-corrected chi connectivity index (χ1v) is 11.2. The highest BCUT2D eigenvalue weighted by atomic mass is 16.6. The number of nitrogens with zero attached hydrogens (tertiary/aromatic N) is 1. The fraction of sp³-hybridized carbons (Fsp3) is 0.462. The molecule has 2 aromatic rings. The molecule has 2 aromatic carbocycles. The van der Waals surface area contributed by atoms with Gasteiger partial charge in [0.2, 0.25) is 0 Å². The monoisotopic (exact) mass is 421 g/mol. The van der Waals surface area contributed by atoms with Crippen molar-refractivity contribution in [2.75, 3.05) is 13.7 Å². The Morgan fingerprint density at radius 2 is 1.65 bits per heavy atom. The zero-order valence-electron chi connectivity index (χ0n) is 18.5. The number of carbonyl (C=O) groups excluding carboxylic acids is 1. The molecule has 0 saturated heterocycles. The Balaban J connectivity index is 1.56. The third-order valence-electron chi connectivity index (χ3n) is 7.32. The number of benzene rings is 2. The number of aliphatic carboxylic acids is 1.